The molecule has 0 atom stereocenters. The summed E-state index contributed by atoms with van der Waals surface area (Å²) in [6, 6.07) is 4.81. The van der Waals surface area contributed by atoms with Crippen LogP contribution < -0.4 is 0 Å². The molecule has 0 aliphatic heterocycles. The molecular formula is C10H8Cl2FN. The number of hydrogen-bond donors (Lipinski definition) is 0. The van der Waals surface area contributed by atoms with E-state index in [0.29, 0.717) is 5.56 Å². The fraction of sp³-hybridized carbons (Fsp3) is 0.300. The van der Waals surface area contributed by atoms with Gasteiger partial charge in [0.05, 0.1) is 21.5 Å². The molecule has 0 amide bonds. The van der Waals surface area contributed by atoms with Gasteiger partial charge in [0.2, 0.25) is 0 Å². The van der Waals surface area contributed by atoms with E-state index in [9.17, 15) is 4.39 Å². The van der Waals surface area contributed by atoms with Crippen molar-refractivity contribution in [2.24, 2.45) is 0 Å². The zero-order valence-electron chi connectivity index (χ0n) is 7.74. The molecule has 0 saturated carbocycles. The minimum Gasteiger partial charge on any atom is -0.205 e. The van der Waals surface area contributed by atoms with E-state index >= 15 is 0 Å². The predicted molar refractivity (Wildman–Crippen MR) is 55.1 cm³/mol. The lowest BCUT2D eigenvalue weighted by Crippen LogP contribution is -2.14. The van der Waals surface area contributed by atoms with E-state index in [0.717, 1.165) is 0 Å². The van der Waals surface area contributed by atoms with Crippen LogP contribution in [0.15, 0.2) is 12.1 Å². The molecule has 1 nitrogen and oxygen atoms in total. The average molecular weight is 232 g/mol. The van der Waals surface area contributed by atoms with E-state index in [1.807, 2.05) is 0 Å². The predicted octanol–water partition coefficient (Wildman–Crippen LogP) is 3.93. The number of halogens is 3. The van der Waals surface area contributed by atoms with E-state index in [1.54, 1.807) is 13.8 Å². The maximum Gasteiger partial charge on any atom is 0.143 e. The van der Waals surface area contributed by atoms with Crippen LogP contribution in [0.4, 0.5) is 4.39 Å². The Hall–Kier alpha value is -0.780. The van der Waals surface area contributed by atoms with Crippen LogP contribution in [0.2, 0.25) is 10.0 Å². The van der Waals surface area contributed by atoms with Crippen molar-refractivity contribution in [1.29, 1.82) is 5.26 Å². The molecule has 0 aliphatic carbocycles. The zero-order chi connectivity index (χ0) is 10.9. The quantitative estimate of drug-likeness (QED) is 0.673. The Morgan fingerprint density at radius 3 is 2.36 bits per heavy atom. The fourth-order valence-corrected chi connectivity index (χ4v) is 1.30. The number of nitriles is 1. The van der Waals surface area contributed by atoms with E-state index in [2.05, 4.69) is 6.07 Å². The number of rotatable bonds is 1. The minimum atomic E-state index is -0.769. The first-order chi connectivity index (χ1) is 6.38. The number of nitrogens with zero attached hydrogens (tertiary/aromatic N) is 1. The highest BCUT2D eigenvalue weighted by molar-refractivity contribution is 6.42. The molecule has 0 aromatic heterocycles. The monoisotopic (exact) mass is 231 g/mol. The summed E-state index contributed by atoms with van der Waals surface area (Å²) in [6.07, 6.45) is 0. The molecule has 0 spiro atoms. The summed E-state index contributed by atoms with van der Waals surface area (Å²) < 4.78 is 13.2. The Labute approximate surface area is 92.1 Å². The molecule has 1 aromatic carbocycles. The third-order valence-corrected chi connectivity index (χ3v) is 2.76. The molecule has 0 bridgehead atoms. The second-order valence-electron chi connectivity index (χ2n) is 3.49. The summed E-state index contributed by atoms with van der Waals surface area (Å²) in [6.45, 7) is 3.37. The van der Waals surface area contributed by atoms with E-state index in [4.69, 9.17) is 28.5 Å². The molecule has 0 N–H and O–H groups in total. The second kappa shape index (κ2) is 3.76. The van der Waals surface area contributed by atoms with Gasteiger partial charge in [-0.1, -0.05) is 23.2 Å². The molecule has 0 radical (unpaired) electrons. The van der Waals surface area contributed by atoms with Crippen molar-refractivity contribution in [3.8, 4) is 6.07 Å². The Balaban J connectivity index is 3.35. The lowest BCUT2D eigenvalue weighted by atomic mass is 9.86. The van der Waals surface area contributed by atoms with Crippen LogP contribution in [0.5, 0.6) is 0 Å². The van der Waals surface area contributed by atoms with Gasteiger partial charge in [-0.2, -0.15) is 5.26 Å². The Morgan fingerprint density at radius 2 is 1.93 bits per heavy atom. The van der Waals surface area contributed by atoms with E-state index < -0.39 is 11.2 Å². The maximum atomic E-state index is 13.2. The van der Waals surface area contributed by atoms with Crippen molar-refractivity contribution in [2.45, 2.75) is 19.3 Å². The Kier molecular flexibility index (Phi) is 3.04. The summed E-state index contributed by atoms with van der Waals surface area (Å²) in [4.78, 5) is 0. The van der Waals surface area contributed by atoms with Crippen LogP contribution in [-0.2, 0) is 5.41 Å². The van der Waals surface area contributed by atoms with Gasteiger partial charge >= 0.3 is 0 Å². The van der Waals surface area contributed by atoms with Crippen LogP contribution in [0.25, 0.3) is 0 Å². The molecule has 4 heteroatoms. The van der Waals surface area contributed by atoms with Crippen LogP contribution in [0, 0.1) is 17.1 Å². The molecule has 1 aromatic rings. The zero-order valence-corrected chi connectivity index (χ0v) is 9.25. The molecule has 14 heavy (non-hydrogen) atoms. The fourth-order valence-electron chi connectivity index (χ4n) is 0.981. The average Bonchev–Trinajstić information content (AvgIpc) is 2.13. The lowest BCUT2D eigenvalue weighted by molar-refractivity contribution is 0.613. The molecule has 0 fully saturated rings. The smallest absolute Gasteiger partial charge is 0.143 e. The first-order valence-corrected chi connectivity index (χ1v) is 4.70. The molecular weight excluding hydrogens is 224 g/mol. The van der Waals surface area contributed by atoms with Crippen LogP contribution >= 0.6 is 23.2 Å². The Morgan fingerprint density at radius 1 is 1.36 bits per heavy atom. The normalized spacial score (nSPS) is 11.1. The molecule has 0 heterocycles. The summed E-state index contributed by atoms with van der Waals surface area (Å²) in [5, 5.41) is 8.87. The summed E-state index contributed by atoms with van der Waals surface area (Å²) in [5.74, 6) is -0.600. The van der Waals surface area contributed by atoms with Crippen molar-refractivity contribution in [3.05, 3.63) is 33.6 Å². The summed E-state index contributed by atoms with van der Waals surface area (Å²) in [7, 11) is 0. The Bertz CT molecular complexity index is 384. The third kappa shape index (κ3) is 2.00. The maximum absolute atomic E-state index is 13.2. The van der Waals surface area contributed by atoms with Gasteiger partial charge in [0, 0.05) is 0 Å². The number of benzene rings is 1. The van der Waals surface area contributed by atoms with Gasteiger partial charge in [-0.3, -0.25) is 0 Å². The summed E-state index contributed by atoms with van der Waals surface area (Å²) >= 11 is 11.3. The largest absolute Gasteiger partial charge is 0.205 e. The standard InChI is InChI=1S/C10H8Cl2FN/c1-10(2,5-14)6-3-7(11)9(12)8(13)4-6/h3-4H,1-2H3. The highest BCUT2D eigenvalue weighted by atomic mass is 35.5. The molecule has 1 rings (SSSR count). The van der Waals surface area contributed by atoms with E-state index in [-0.39, 0.29) is 10.0 Å². The highest BCUT2D eigenvalue weighted by Crippen LogP contribution is 2.31. The van der Waals surface area contributed by atoms with Gasteiger partial charge in [0.15, 0.2) is 0 Å². The number of hydrogen-bond acceptors (Lipinski definition) is 1. The van der Waals surface area contributed by atoms with Crippen molar-refractivity contribution in [1.82, 2.24) is 0 Å². The SMILES string of the molecule is CC(C)(C#N)c1cc(F)c(Cl)c(Cl)c1. The summed E-state index contributed by atoms with van der Waals surface area (Å²) in [5.41, 5.74) is -0.249. The van der Waals surface area contributed by atoms with Gasteiger partial charge in [-0.25, -0.2) is 4.39 Å². The van der Waals surface area contributed by atoms with Gasteiger partial charge in [0.25, 0.3) is 0 Å². The molecule has 0 unspecified atom stereocenters. The molecule has 0 aliphatic rings. The topological polar surface area (TPSA) is 23.8 Å². The van der Waals surface area contributed by atoms with Crippen molar-refractivity contribution in [2.75, 3.05) is 0 Å². The lowest BCUT2D eigenvalue weighted by Gasteiger charge is -2.16. The van der Waals surface area contributed by atoms with Gasteiger partial charge < -0.3 is 0 Å². The van der Waals surface area contributed by atoms with Crippen LogP contribution in [-0.4, -0.2) is 0 Å². The van der Waals surface area contributed by atoms with Gasteiger partial charge in [-0.15, -0.1) is 0 Å². The van der Waals surface area contributed by atoms with Gasteiger partial charge in [-0.05, 0) is 31.5 Å². The van der Waals surface area contributed by atoms with E-state index in [1.165, 1.54) is 12.1 Å². The first-order valence-electron chi connectivity index (χ1n) is 3.95. The third-order valence-electron chi connectivity index (χ3n) is 1.99. The van der Waals surface area contributed by atoms with Crippen molar-refractivity contribution < 1.29 is 4.39 Å². The molecule has 0 saturated heterocycles. The van der Waals surface area contributed by atoms with Crippen LogP contribution in [0.1, 0.15) is 19.4 Å². The van der Waals surface area contributed by atoms with Crippen molar-refractivity contribution in [3.63, 3.8) is 0 Å². The van der Waals surface area contributed by atoms with Crippen LogP contribution in [0.3, 0.4) is 0 Å². The highest BCUT2D eigenvalue weighted by Gasteiger charge is 2.22. The first kappa shape index (κ1) is 11.3. The van der Waals surface area contributed by atoms with Crippen molar-refractivity contribution >= 4 is 23.2 Å². The second-order valence-corrected chi connectivity index (χ2v) is 4.28. The molecule has 74 valence electrons. The van der Waals surface area contributed by atoms with Gasteiger partial charge in [0.1, 0.15) is 5.82 Å². The minimum absolute atomic E-state index is 0.107.